The lowest BCUT2D eigenvalue weighted by molar-refractivity contribution is 0.900. The normalized spacial score (nSPS) is 10.9. The van der Waals surface area contributed by atoms with Crippen molar-refractivity contribution in [2.75, 3.05) is 0 Å². The van der Waals surface area contributed by atoms with Crippen LogP contribution in [0.1, 0.15) is 5.56 Å². The zero-order chi connectivity index (χ0) is 18.6. The van der Waals surface area contributed by atoms with Crippen molar-refractivity contribution in [3.05, 3.63) is 100 Å². The Labute approximate surface area is 176 Å². The molecule has 0 aliphatic heterocycles. The summed E-state index contributed by atoms with van der Waals surface area (Å²) in [5, 5.41) is 1.68. The first-order valence-corrected chi connectivity index (χ1v) is 10.6. The molecule has 4 aromatic rings. The van der Waals surface area contributed by atoms with Gasteiger partial charge in [-0.05, 0) is 42.0 Å². The largest absolute Gasteiger partial charge is 0.287 e. The van der Waals surface area contributed by atoms with Crippen molar-refractivity contribution in [3.8, 4) is 16.9 Å². The van der Waals surface area contributed by atoms with Gasteiger partial charge in [-0.2, -0.15) is 0 Å². The van der Waals surface area contributed by atoms with Gasteiger partial charge in [0.25, 0.3) is 0 Å². The Bertz CT molecular complexity index is 1030. The van der Waals surface area contributed by atoms with Crippen LogP contribution in [0.4, 0.5) is 0 Å². The molecule has 2 nitrogen and oxygen atoms in total. The fraction of sp³-hybridized carbons (Fsp3) is 0.0455. The lowest BCUT2D eigenvalue weighted by Gasteiger charge is -2.12. The lowest BCUT2D eigenvalue weighted by atomic mass is 10.1. The molecular formula is C22H16BrClN2S. The van der Waals surface area contributed by atoms with Crippen molar-refractivity contribution in [1.29, 1.82) is 0 Å². The molecule has 134 valence electrons. The number of halogens is 2. The highest BCUT2D eigenvalue weighted by Crippen LogP contribution is 2.32. The third kappa shape index (κ3) is 4.29. The van der Waals surface area contributed by atoms with Gasteiger partial charge in [-0.15, -0.1) is 0 Å². The fourth-order valence-electron chi connectivity index (χ4n) is 2.82. The summed E-state index contributed by atoms with van der Waals surface area (Å²) in [6.45, 7) is 0. The van der Waals surface area contributed by atoms with Crippen molar-refractivity contribution >= 4 is 39.3 Å². The number of rotatable bonds is 5. The molecule has 0 unspecified atom stereocenters. The summed E-state index contributed by atoms with van der Waals surface area (Å²) in [6.07, 6.45) is 1.94. The molecular weight excluding hydrogens is 440 g/mol. The van der Waals surface area contributed by atoms with Crippen LogP contribution in [0.15, 0.2) is 94.7 Å². The van der Waals surface area contributed by atoms with Gasteiger partial charge in [-0.25, -0.2) is 4.98 Å². The van der Waals surface area contributed by atoms with Crippen LogP contribution >= 0.6 is 39.3 Å². The molecule has 0 fully saturated rings. The number of benzene rings is 3. The Morgan fingerprint density at radius 3 is 2.30 bits per heavy atom. The van der Waals surface area contributed by atoms with E-state index in [1.807, 2.05) is 48.7 Å². The quantitative estimate of drug-likeness (QED) is 0.295. The monoisotopic (exact) mass is 454 g/mol. The Morgan fingerprint density at radius 2 is 1.59 bits per heavy atom. The second-order valence-electron chi connectivity index (χ2n) is 6.02. The molecule has 1 aromatic heterocycles. The molecule has 0 saturated heterocycles. The minimum absolute atomic E-state index is 0.725. The Hall–Kier alpha value is -2.01. The van der Waals surface area contributed by atoms with Crippen LogP contribution in [0, 0.1) is 0 Å². The van der Waals surface area contributed by atoms with Gasteiger partial charge in [0.15, 0.2) is 5.16 Å². The van der Waals surface area contributed by atoms with Gasteiger partial charge in [-0.1, -0.05) is 81.8 Å². The smallest absolute Gasteiger partial charge is 0.173 e. The van der Waals surface area contributed by atoms with Crippen molar-refractivity contribution in [1.82, 2.24) is 9.55 Å². The van der Waals surface area contributed by atoms with Crippen LogP contribution in [0.25, 0.3) is 16.9 Å². The number of imidazole rings is 1. The SMILES string of the molecule is Clc1ccc(-n2c(-c3ccc(Br)cc3)cnc2SCc2ccccc2)cc1. The first-order chi connectivity index (χ1) is 13.2. The summed E-state index contributed by atoms with van der Waals surface area (Å²) in [6, 6.07) is 26.6. The molecule has 0 atom stereocenters. The first-order valence-electron chi connectivity index (χ1n) is 8.47. The van der Waals surface area contributed by atoms with Crippen LogP contribution in [0.5, 0.6) is 0 Å². The number of thioether (sulfide) groups is 1. The van der Waals surface area contributed by atoms with Gasteiger partial charge >= 0.3 is 0 Å². The number of hydrogen-bond donors (Lipinski definition) is 0. The molecule has 1 heterocycles. The lowest BCUT2D eigenvalue weighted by Crippen LogP contribution is -1.99. The van der Waals surface area contributed by atoms with E-state index < -0.39 is 0 Å². The van der Waals surface area contributed by atoms with Crippen LogP contribution in [0.3, 0.4) is 0 Å². The predicted octanol–water partition coefficient (Wildman–Crippen LogP) is 7.25. The maximum Gasteiger partial charge on any atom is 0.173 e. The Balaban J connectivity index is 1.74. The summed E-state index contributed by atoms with van der Waals surface area (Å²) in [5.41, 5.74) is 4.50. The van der Waals surface area contributed by atoms with E-state index in [0.29, 0.717) is 0 Å². The summed E-state index contributed by atoms with van der Waals surface area (Å²) in [7, 11) is 0. The van der Waals surface area contributed by atoms with E-state index in [1.54, 1.807) is 11.8 Å². The molecule has 0 radical (unpaired) electrons. The number of aromatic nitrogens is 2. The molecule has 0 N–H and O–H groups in total. The van der Waals surface area contributed by atoms with Gasteiger partial charge in [0, 0.05) is 26.5 Å². The average molecular weight is 456 g/mol. The van der Waals surface area contributed by atoms with E-state index in [-0.39, 0.29) is 0 Å². The zero-order valence-electron chi connectivity index (χ0n) is 14.3. The molecule has 0 bridgehead atoms. The van der Waals surface area contributed by atoms with Gasteiger partial charge in [-0.3, -0.25) is 4.57 Å². The van der Waals surface area contributed by atoms with E-state index in [1.165, 1.54) is 5.56 Å². The van der Waals surface area contributed by atoms with E-state index >= 15 is 0 Å². The molecule has 0 spiro atoms. The van der Waals surface area contributed by atoms with E-state index in [9.17, 15) is 0 Å². The highest BCUT2D eigenvalue weighted by molar-refractivity contribution is 9.10. The third-order valence-corrected chi connectivity index (χ3v) is 5.97. The molecule has 0 saturated carbocycles. The molecule has 27 heavy (non-hydrogen) atoms. The van der Waals surface area contributed by atoms with Crippen LogP contribution in [0.2, 0.25) is 5.02 Å². The molecule has 4 rings (SSSR count). The fourth-order valence-corrected chi connectivity index (χ4v) is 4.16. The molecule has 0 amide bonds. The van der Waals surface area contributed by atoms with Crippen molar-refractivity contribution < 1.29 is 0 Å². The number of hydrogen-bond acceptors (Lipinski definition) is 2. The molecule has 0 aliphatic carbocycles. The van der Waals surface area contributed by atoms with Crippen molar-refractivity contribution in [3.63, 3.8) is 0 Å². The van der Waals surface area contributed by atoms with Gasteiger partial charge < -0.3 is 0 Å². The summed E-state index contributed by atoms with van der Waals surface area (Å²) in [5.74, 6) is 0.866. The minimum atomic E-state index is 0.725. The van der Waals surface area contributed by atoms with E-state index in [2.05, 4.69) is 56.9 Å². The predicted molar refractivity (Wildman–Crippen MR) is 118 cm³/mol. The highest BCUT2D eigenvalue weighted by atomic mass is 79.9. The van der Waals surface area contributed by atoms with Gasteiger partial charge in [0.1, 0.15) is 0 Å². The van der Waals surface area contributed by atoms with Crippen LogP contribution in [-0.4, -0.2) is 9.55 Å². The second-order valence-corrected chi connectivity index (χ2v) is 8.31. The third-order valence-electron chi connectivity index (χ3n) is 4.17. The Morgan fingerprint density at radius 1 is 0.889 bits per heavy atom. The van der Waals surface area contributed by atoms with Crippen LogP contribution < -0.4 is 0 Å². The minimum Gasteiger partial charge on any atom is -0.287 e. The maximum atomic E-state index is 6.09. The van der Waals surface area contributed by atoms with E-state index in [0.717, 1.165) is 37.3 Å². The molecule has 5 heteroatoms. The summed E-state index contributed by atoms with van der Waals surface area (Å²) in [4.78, 5) is 4.71. The van der Waals surface area contributed by atoms with Crippen LogP contribution in [-0.2, 0) is 5.75 Å². The molecule has 0 aliphatic rings. The summed E-state index contributed by atoms with van der Waals surface area (Å²) < 4.78 is 3.25. The van der Waals surface area contributed by atoms with Crippen molar-refractivity contribution in [2.24, 2.45) is 0 Å². The Kier molecular flexibility index (Phi) is 5.67. The number of nitrogens with zero attached hydrogens (tertiary/aromatic N) is 2. The summed E-state index contributed by atoms with van der Waals surface area (Å²) >= 11 is 11.3. The average Bonchev–Trinajstić information content (AvgIpc) is 3.12. The van der Waals surface area contributed by atoms with Crippen molar-refractivity contribution in [2.45, 2.75) is 10.9 Å². The van der Waals surface area contributed by atoms with Gasteiger partial charge in [0.05, 0.1) is 11.9 Å². The topological polar surface area (TPSA) is 17.8 Å². The first kappa shape index (κ1) is 18.4. The second kappa shape index (κ2) is 8.34. The standard InChI is InChI=1S/C22H16BrClN2S/c23-18-8-6-17(7-9-18)21-14-25-22(27-15-16-4-2-1-3-5-16)26(21)20-12-10-19(24)11-13-20/h1-14H,15H2. The van der Waals surface area contributed by atoms with E-state index in [4.69, 9.17) is 16.6 Å². The van der Waals surface area contributed by atoms with Gasteiger partial charge in [0.2, 0.25) is 0 Å². The maximum absolute atomic E-state index is 6.09. The zero-order valence-corrected chi connectivity index (χ0v) is 17.5. The molecule has 3 aromatic carbocycles. The highest BCUT2D eigenvalue weighted by Gasteiger charge is 2.14.